The molecule has 0 spiro atoms. The third kappa shape index (κ3) is 2.86. The molecule has 3 heteroatoms. The summed E-state index contributed by atoms with van der Waals surface area (Å²) in [6.45, 7) is 6.15. The summed E-state index contributed by atoms with van der Waals surface area (Å²) >= 11 is 0. The molecule has 0 aliphatic carbocycles. The van der Waals surface area contributed by atoms with Crippen LogP contribution in [0.25, 0.3) is 0 Å². The van der Waals surface area contributed by atoms with E-state index in [9.17, 15) is 4.79 Å². The van der Waals surface area contributed by atoms with Crippen molar-refractivity contribution in [2.75, 3.05) is 6.61 Å². The molecule has 0 bridgehead atoms. The molecule has 1 aliphatic rings. The minimum Gasteiger partial charge on any atom is -0.458 e. The van der Waals surface area contributed by atoms with Crippen LogP contribution in [0.5, 0.6) is 0 Å². The number of fused-ring (bicyclic) bond motifs is 1. The summed E-state index contributed by atoms with van der Waals surface area (Å²) in [7, 11) is 0. The van der Waals surface area contributed by atoms with Gasteiger partial charge in [-0.15, -0.1) is 0 Å². The molecule has 1 heterocycles. The van der Waals surface area contributed by atoms with Crippen molar-refractivity contribution < 1.29 is 14.3 Å². The average Bonchev–Trinajstić information content (AvgIpc) is 2.26. The SMILES string of the molecule is CC(C)(C)OC(=O)C1OCCc2ccccc21. The fraction of sp³-hybridized carbons (Fsp3) is 0.500. The maximum absolute atomic E-state index is 12.0. The minimum atomic E-state index is -0.570. The standard InChI is InChI=1S/C14H18O3/c1-14(2,3)17-13(15)12-11-7-5-4-6-10(11)8-9-16-12/h4-7,12H,8-9H2,1-3H3. The normalized spacial score (nSPS) is 19.6. The Morgan fingerprint density at radius 2 is 2.06 bits per heavy atom. The molecule has 92 valence electrons. The Hall–Kier alpha value is -1.35. The van der Waals surface area contributed by atoms with Gasteiger partial charge in [-0.05, 0) is 38.3 Å². The van der Waals surface area contributed by atoms with Crippen LogP contribution in [0.15, 0.2) is 24.3 Å². The van der Waals surface area contributed by atoms with E-state index in [1.54, 1.807) is 0 Å². The molecule has 0 saturated heterocycles. The largest absolute Gasteiger partial charge is 0.458 e. The second-order valence-corrected chi connectivity index (χ2v) is 5.23. The third-order valence-corrected chi connectivity index (χ3v) is 2.61. The highest BCUT2D eigenvalue weighted by Gasteiger charge is 2.31. The minimum absolute atomic E-state index is 0.301. The summed E-state index contributed by atoms with van der Waals surface area (Å²) in [4.78, 5) is 12.0. The molecule has 1 atom stereocenters. The average molecular weight is 234 g/mol. The topological polar surface area (TPSA) is 35.5 Å². The van der Waals surface area contributed by atoms with Crippen LogP contribution in [0.2, 0.25) is 0 Å². The molecule has 0 N–H and O–H groups in total. The lowest BCUT2D eigenvalue weighted by molar-refractivity contribution is -0.170. The number of benzene rings is 1. The van der Waals surface area contributed by atoms with Gasteiger partial charge in [-0.2, -0.15) is 0 Å². The van der Waals surface area contributed by atoms with Crippen molar-refractivity contribution in [3.05, 3.63) is 35.4 Å². The fourth-order valence-electron chi connectivity index (χ4n) is 1.94. The lowest BCUT2D eigenvalue weighted by Crippen LogP contribution is -2.31. The molecule has 2 rings (SSSR count). The Kier molecular flexibility index (Phi) is 3.20. The van der Waals surface area contributed by atoms with E-state index >= 15 is 0 Å². The second-order valence-electron chi connectivity index (χ2n) is 5.23. The molecule has 0 fully saturated rings. The van der Waals surface area contributed by atoms with Crippen LogP contribution in [-0.2, 0) is 20.7 Å². The van der Waals surface area contributed by atoms with Crippen molar-refractivity contribution >= 4 is 5.97 Å². The van der Waals surface area contributed by atoms with Gasteiger partial charge in [-0.25, -0.2) is 4.79 Å². The van der Waals surface area contributed by atoms with Gasteiger partial charge in [-0.3, -0.25) is 0 Å². The Morgan fingerprint density at radius 1 is 1.35 bits per heavy atom. The van der Waals surface area contributed by atoms with Gasteiger partial charge in [0.15, 0.2) is 6.10 Å². The first kappa shape index (κ1) is 12.1. The van der Waals surface area contributed by atoms with Gasteiger partial charge in [0.25, 0.3) is 0 Å². The van der Waals surface area contributed by atoms with Gasteiger partial charge in [0.1, 0.15) is 5.60 Å². The molecule has 0 amide bonds. The summed E-state index contributed by atoms with van der Waals surface area (Å²) in [5, 5.41) is 0. The summed E-state index contributed by atoms with van der Waals surface area (Å²) in [6.07, 6.45) is 0.286. The molecule has 1 unspecified atom stereocenters. The third-order valence-electron chi connectivity index (χ3n) is 2.61. The highest BCUT2D eigenvalue weighted by atomic mass is 16.6. The zero-order chi connectivity index (χ0) is 12.5. The van der Waals surface area contributed by atoms with Gasteiger partial charge in [0.05, 0.1) is 6.61 Å². The van der Waals surface area contributed by atoms with Crippen LogP contribution in [-0.4, -0.2) is 18.2 Å². The number of carbonyl (C=O) groups is 1. The number of hydrogen-bond donors (Lipinski definition) is 0. The number of hydrogen-bond acceptors (Lipinski definition) is 3. The van der Waals surface area contributed by atoms with Crippen molar-refractivity contribution in [1.82, 2.24) is 0 Å². The molecule has 0 aromatic heterocycles. The quantitative estimate of drug-likeness (QED) is 0.701. The number of rotatable bonds is 1. The zero-order valence-electron chi connectivity index (χ0n) is 10.5. The molecule has 1 aliphatic heterocycles. The lowest BCUT2D eigenvalue weighted by atomic mass is 9.97. The molecule has 17 heavy (non-hydrogen) atoms. The summed E-state index contributed by atoms with van der Waals surface area (Å²) in [5.41, 5.74) is 1.63. The fourth-order valence-corrected chi connectivity index (χ4v) is 1.94. The Bertz CT molecular complexity index is 418. The lowest BCUT2D eigenvalue weighted by Gasteiger charge is -2.28. The van der Waals surface area contributed by atoms with Crippen LogP contribution < -0.4 is 0 Å². The maximum atomic E-state index is 12.0. The van der Waals surface area contributed by atoms with E-state index in [1.165, 1.54) is 5.56 Å². The van der Waals surface area contributed by atoms with E-state index < -0.39 is 11.7 Å². The summed E-state index contributed by atoms with van der Waals surface area (Å²) in [6, 6.07) is 7.87. The molecule has 1 aromatic carbocycles. The van der Waals surface area contributed by atoms with Crippen LogP contribution in [0.4, 0.5) is 0 Å². The summed E-state index contributed by atoms with van der Waals surface area (Å²) in [5.74, 6) is -0.301. The van der Waals surface area contributed by atoms with Crippen molar-refractivity contribution in [1.29, 1.82) is 0 Å². The van der Waals surface area contributed by atoms with E-state index in [0.29, 0.717) is 6.61 Å². The molecular weight excluding hydrogens is 216 g/mol. The number of carbonyl (C=O) groups excluding carboxylic acids is 1. The molecule has 3 nitrogen and oxygen atoms in total. The van der Waals surface area contributed by atoms with Crippen LogP contribution in [0.3, 0.4) is 0 Å². The highest BCUT2D eigenvalue weighted by Crippen LogP contribution is 2.29. The molecule has 1 aromatic rings. The van der Waals surface area contributed by atoms with Gasteiger partial charge < -0.3 is 9.47 Å². The van der Waals surface area contributed by atoms with Gasteiger partial charge >= 0.3 is 5.97 Å². The monoisotopic (exact) mass is 234 g/mol. The van der Waals surface area contributed by atoms with Crippen LogP contribution in [0.1, 0.15) is 38.0 Å². The number of esters is 1. The smallest absolute Gasteiger partial charge is 0.340 e. The van der Waals surface area contributed by atoms with E-state index in [1.807, 2.05) is 45.0 Å². The van der Waals surface area contributed by atoms with E-state index in [0.717, 1.165) is 12.0 Å². The van der Waals surface area contributed by atoms with Crippen LogP contribution in [0, 0.1) is 0 Å². The number of ether oxygens (including phenoxy) is 2. The molecular formula is C14H18O3. The Labute approximate surface area is 102 Å². The van der Waals surface area contributed by atoms with E-state index in [2.05, 4.69) is 0 Å². The highest BCUT2D eigenvalue weighted by molar-refractivity contribution is 5.77. The van der Waals surface area contributed by atoms with Gasteiger partial charge in [-0.1, -0.05) is 24.3 Å². The summed E-state index contributed by atoms with van der Waals surface area (Å²) < 4.78 is 10.9. The first-order chi connectivity index (χ1) is 7.97. The molecule has 0 radical (unpaired) electrons. The zero-order valence-corrected chi connectivity index (χ0v) is 10.5. The van der Waals surface area contributed by atoms with Crippen molar-refractivity contribution in [3.8, 4) is 0 Å². The first-order valence-corrected chi connectivity index (χ1v) is 5.90. The second kappa shape index (κ2) is 4.49. The first-order valence-electron chi connectivity index (χ1n) is 5.90. The van der Waals surface area contributed by atoms with Crippen molar-refractivity contribution in [2.45, 2.75) is 38.9 Å². The van der Waals surface area contributed by atoms with Crippen molar-refractivity contribution in [2.24, 2.45) is 0 Å². The van der Waals surface area contributed by atoms with Crippen molar-refractivity contribution in [3.63, 3.8) is 0 Å². The molecule has 0 saturated carbocycles. The van der Waals surface area contributed by atoms with Gasteiger partial charge in [0, 0.05) is 0 Å². The predicted octanol–water partition coefficient (Wildman–Crippen LogP) is 2.64. The predicted molar refractivity (Wildman–Crippen MR) is 64.7 cm³/mol. The van der Waals surface area contributed by atoms with Gasteiger partial charge in [0.2, 0.25) is 0 Å². The Morgan fingerprint density at radius 3 is 2.76 bits per heavy atom. The maximum Gasteiger partial charge on any atom is 0.340 e. The Balaban J connectivity index is 2.21. The van der Waals surface area contributed by atoms with E-state index in [4.69, 9.17) is 9.47 Å². The van der Waals surface area contributed by atoms with E-state index in [-0.39, 0.29) is 5.97 Å². The van der Waals surface area contributed by atoms with Crippen LogP contribution >= 0.6 is 0 Å².